The molecule has 57 valence electrons. The molecule has 0 heterocycles. The van der Waals surface area contributed by atoms with Crippen LogP contribution in [-0.4, -0.2) is 6.87 Å². The van der Waals surface area contributed by atoms with E-state index in [9.17, 15) is 0 Å². The van der Waals surface area contributed by atoms with Gasteiger partial charge >= 0.3 is 67.8 Å². The van der Waals surface area contributed by atoms with Crippen LogP contribution >= 0.6 is 0 Å². The standard InChI is InChI=1S/C7H9IO2/c1-6-3-2-4-7(5-6)8(9)10/h2-5,9-10H,1H3/q-1. The van der Waals surface area contributed by atoms with E-state index in [4.69, 9.17) is 6.87 Å². The molecule has 0 saturated carbocycles. The molecule has 0 saturated heterocycles. The number of benzene rings is 1. The Morgan fingerprint density at radius 1 is 1.30 bits per heavy atom. The number of aryl methyl sites for hydroxylation is 1. The van der Waals surface area contributed by atoms with Crippen LogP contribution in [0.4, 0.5) is 0 Å². The van der Waals surface area contributed by atoms with Gasteiger partial charge in [-0.3, -0.25) is 0 Å². The van der Waals surface area contributed by atoms with Gasteiger partial charge in [-0.2, -0.15) is 0 Å². The molecule has 0 fully saturated rings. The van der Waals surface area contributed by atoms with Gasteiger partial charge in [-0.15, -0.1) is 0 Å². The van der Waals surface area contributed by atoms with Crippen molar-refractivity contribution in [1.82, 2.24) is 0 Å². The van der Waals surface area contributed by atoms with E-state index in [-0.39, 0.29) is 0 Å². The summed E-state index contributed by atoms with van der Waals surface area (Å²) in [6.45, 7) is 1.93. The maximum absolute atomic E-state index is 8.86. The van der Waals surface area contributed by atoms with Crippen LogP contribution in [0.2, 0.25) is 0 Å². The van der Waals surface area contributed by atoms with Gasteiger partial charge in [-0.05, 0) is 0 Å². The summed E-state index contributed by atoms with van der Waals surface area (Å²) in [5.41, 5.74) is 1.07. The van der Waals surface area contributed by atoms with Gasteiger partial charge in [0.1, 0.15) is 0 Å². The molecule has 3 heteroatoms. The van der Waals surface area contributed by atoms with E-state index in [0.717, 1.165) is 5.56 Å². The van der Waals surface area contributed by atoms with Gasteiger partial charge in [0, 0.05) is 0 Å². The van der Waals surface area contributed by atoms with Gasteiger partial charge in [-0.1, -0.05) is 0 Å². The minimum absolute atomic E-state index is 0.698. The number of rotatable bonds is 1. The zero-order chi connectivity index (χ0) is 7.56. The Morgan fingerprint density at radius 2 is 2.00 bits per heavy atom. The van der Waals surface area contributed by atoms with Crippen molar-refractivity contribution < 1.29 is 27.5 Å². The molecule has 1 aromatic rings. The third-order valence-electron chi connectivity index (χ3n) is 1.18. The number of hydrogen-bond acceptors (Lipinski definition) is 2. The summed E-state index contributed by atoms with van der Waals surface area (Å²) in [5.74, 6) is 0. The molecule has 0 amide bonds. The quantitative estimate of drug-likeness (QED) is 0.547. The van der Waals surface area contributed by atoms with Crippen LogP contribution in [0.15, 0.2) is 24.3 Å². The molecule has 0 aliphatic rings. The van der Waals surface area contributed by atoms with E-state index >= 15 is 0 Å². The second-order valence-corrected chi connectivity index (χ2v) is 4.69. The molecule has 10 heavy (non-hydrogen) atoms. The van der Waals surface area contributed by atoms with Crippen molar-refractivity contribution in [2.45, 2.75) is 6.92 Å². The molecule has 1 rings (SSSR count). The van der Waals surface area contributed by atoms with Crippen LogP contribution < -0.4 is 20.6 Å². The Labute approximate surface area is 68.0 Å². The third kappa shape index (κ3) is 1.93. The first kappa shape index (κ1) is 7.97. The summed E-state index contributed by atoms with van der Waals surface area (Å²) in [7, 11) is 0. The Hall–Kier alpha value is -0.130. The average Bonchev–Trinajstić information content (AvgIpc) is 1.88. The average molecular weight is 252 g/mol. The predicted molar refractivity (Wildman–Crippen MR) is 34.3 cm³/mol. The second-order valence-electron chi connectivity index (χ2n) is 2.04. The van der Waals surface area contributed by atoms with Gasteiger partial charge in [0.25, 0.3) is 0 Å². The van der Waals surface area contributed by atoms with E-state index < -0.39 is 20.6 Å². The van der Waals surface area contributed by atoms with E-state index in [1.54, 1.807) is 6.07 Å². The van der Waals surface area contributed by atoms with Crippen LogP contribution in [0.1, 0.15) is 5.56 Å². The summed E-state index contributed by atoms with van der Waals surface area (Å²) in [6, 6.07) is 7.33. The molecule has 0 unspecified atom stereocenters. The molecule has 0 aromatic heterocycles. The Kier molecular flexibility index (Phi) is 2.64. The van der Waals surface area contributed by atoms with Crippen molar-refractivity contribution in [2.75, 3.05) is 0 Å². The van der Waals surface area contributed by atoms with Crippen LogP contribution in [0.3, 0.4) is 0 Å². The van der Waals surface area contributed by atoms with Gasteiger partial charge in [-0.25, -0.2) is 0 Å². The van der Waals surface area contributed by atoms with Crippen LogP contribution in [0, 0.1) is 10.5 Å². The van der Waals surface area contributed by atoms with Gasteiger partial charge in [0.2, 0.25) is 0 Å². The van der Waals surface area contributed by atoms with Crippen LogP contribution in [-0.2, 0) is 0 Å². The summed E-state index contributed by atoms with van der Waals surface area (Å²) >= 11 is -2.71. The molecule has 0 atom stereocenters. The molecule has 0 aliphatic carbocycles. The Balaban J connectivity index is 2.96. The second kappa shape index (κ2) is 3.32. The summed E-state index contributed by atoms with van der Waals surface area (Å²) in [5, 5.41) is 0. The first-order valence-corrected chi connectivity index (χ1v) is 5.86. The van der Waals surface area contributed by atoms with Crippen molar-refractivity contribution in [1.29, 1.82) is 0 Å². The molecule has 1 radical (unpaired) electrons. The molecule has 2 N–H and O–H groups in total. The summed E-state index contributed by atoms with van der Waals surface area (Å²) < 4.78 is 18.4. The molecule has 2 nitrogen and oxygen atoms in total. The molecule has 1 aromatic carbocycles. The third-order valence-corrected chi connectivity index (χ3v) is 2.96. The minimum atomic E-state index is -2.71. The number of halogens is 1. The summed E-state index contributed by atoms with van der Waals surface area (Å²) in [6.07, 6.45) is 0. The molecule has 0 bridgehead atoms. The van der Waals surface area contributed by atoms with E-state index in [2.05, 4.69) is 0 Å². The summed E-state index contributed by atoms with van der Waals surface area (Å²) in [4.78, 5) is 0. The zero-order valence-corrected chi connectivity index (χ0v) is 7.74. The maximum atomic E-state index is 8.86. The van der Waals surface area contributed by atoms with Crippen molar-refractivity contribution in [2.24, 2.45) is 0 Å². The Bertz CT molecular complexity index is 223. The van der Waals surface area contributed by atoms with Crippen LogP contribution in [0.25, 0.3) is 0 Å². The van der Waals surface area contributed by atoms with Crippen LogP contribution in [0.5, 0.6) is 0 Å². The first-order chi connectivity index (χ1) is 4.70. The molecule has 0 spiro atoms. The fourth-order valence-corrected chi connectivity index (χ4v) is 2.01. The van der Waals surface area contributed by atoms with Crippen molar-refractivity contribution in [3.63, 3.8) is 0 Å². The van der Waals surface area contributed by atoms with Crippen molar-refractivity contribution >= 4 is 0 Å². The molecule has 0 aliphatic heterocycles. The van der Waals surface area contributed by atoms with E-state index in [1.165, 1.54) is 0 Å². The monoisotopic (exact) mass is 252 g/mol. The molecular weight excluding hydrogens is 243 g/mol. The van der Waals surface area contributed by atoms with E-state index in [0.29, 0.717) is 3.57 Å². The zero-order valence-electron chi connectivity index (χ0n) is 5.58. The topological polar surface area (TPSA) is 40.5 Å². The van der Waals surface area contributed by atoms with Crippen molar-refractivity contribution in [3.05, 3.63) is 33.4 Å². The fraction of sp³-hybridized carbons (Fsp3) is 0.143. The Morgan fingerprint density at radius 3 is 2.40 bits per heavy atom. The normalized spacial score (nSPS) is 11.3. The number of hydrogen-bond donors (Lipinski definition) is 2. The first-order valence-electron chi connectivity index (χ1n) is 2.85. The predicted octanol–water partition coefficient (Wildman–Crippen LogP) is -2.40. The molecular formula is C7H9IO2-. The van der Waals surface area contributed by atoms with Gasteiger partial charge in [0.15, 0.2) is 0 Å². The fourth-order valence-electron chi connectivity index (χ4n) is 0.711. The SMILES string of the molecule is Cc1cccc([I-](O)O)c1. The van der Waals surface area contributed by atoms with E-state index in [1.807, 2.05) is 25.1 Å². The van der Waals surface area contributed by atoms with Gasteiger partial charge < -0.3 is 0 Å². The van der Waals surface area contributed by atoms with Crippen molar-refractivity contribution in [3.8, 4) is 0 Å². The van der Waals surface area contributed by atoms with Gasteiger partial charge in [0.05, 0.1) is 0 Å².